The Morgan fingerprint density at radius 2 is 1.96 bits per heavy atom. The molecule has 0 spiro atoms. The van der Waals surface area contributed by atoms with E-state index in [1.54, 1.807) is 11.3 Å². The largest absolute Gasteiger partial charge is 0.289 e. The molecule has 1 aliphatic rings. The zero-order valence-corrected chi connectivity index (χ0v) is 14.4. The molecule has 0 radical (unpaired) electrons. The number of thiophene rings is 1. The van der Waals surface area contributed by atoms with Gasteiger partial charge in [0.15, 0.2) is 4.90 Å². The molecule has 0 saturated carbocycles. The van der Waals surface area contributed by atoms with Crippen molar-refractivity contribution in [3.63, 3.8) is 0 Å². The highest BCUT2D eigenvalue weighted by Gasteiger charge is 2.40. The normalized spacial score (nSPS) is 17.7. The van der Waals surface area contributed by atoms with E-state index < -0.39 is 14.9 Å². The van der Waals surface area contributed by atoms with Crippen LogP contribution in [0.2, 0.25) is 0 Å². The monoisotopic (exact) mass is 352 g/mol. The number of nitrogens with zero attached hydrogens (tertiary/aromatic N) is 2. The molecule has 23 heavy (non-hydrogen) atoms. The van der Waals surface area contributed by atoms with E-state index in [1.807, 2.05) is 25.3 Å². The molecule has 1 aliphatic heterocycles. The number of hydrogen-bond donors (Lipinski definition) is 0. The molecule has 0 N–H and O–H groups in total. The molecule has 2 heterocycles. The van der Waals surface area contributed by atoms with Crippen molar-refractivity contribution < 1.29 is 13.3 Å². The highest BCUT2D eigenvalue weighted by Crippen LogP contribution is 2.39. The summed E-state index contributed by atoms with van der Waals surface area (Å²) in [6.45, 7) is 4.53. The van der Waals surface area contributed by atoms with Crippen molar-refractivity contribution in [2.45, 2.75) is 30.7 Å². The lowest BCUT2D eigenvalue weighted by Crippen LogP contribution is -2.44. The minimum atomic E-state index is -3.93. The quantitative estimate of drug-likeness (QED) is 0.628. The number of nitro benzene ring substituents is 1. The molecule has 8 heteroatoms. The van der Waals surface area contributed by atoms with Crippen LogP contribution in [0, 0.1) is 10.1 Å². The molecule has 0 unspecified atom stereocenters. The number of benzene rings is 1. The van der Waals surface area contributed by atoms with Gasteiger partial charge in [-0.2, -0.15) is 4.31 Å². The summed E-state index contributed by atoms with van der Waals surface area (Å²) >= 11 is 1.62. The summed E-state index contributed by atoms with van der Waals surface area (Å²) in [6, 6.07) is 7.41. The van der Waals surface area contributed by atoms with E-state index in [0.717, 1.165) is 5.56 Å². The second-order valence-corrected chi connectivity index (χ2v) is 8.98. The number of sulfonamides is 1. The molecule has 0 fully saturated rings. The van der Waals surface area contributed by atoms with Gasteiger partial charge in [-0.15, -0.1) is 11.3 Å². The van der Waals surface area contributed by atoms with Gasteiger partial charge in [0, 0.05) is 29.4 Å². The summed E-state index contributed by atoms with van der Waals surface area (Å²) < 4.78 is 27.3. The molecule has 0 atom stereocenters. The highest BCUT2D eigenvalue weighted by molar-refractivity contribution is 7.89. The Hall–Kier alpha value is -1.77. The Bertz CT molecular complexity index is 871. The van der Waals surface area contributed by atoms with Gasteiger partial charge in [0.1, 0.15) is 0 Å². The average molecular weight is 352 g/mol. The van der Waals surface area contributed by atoms with Gasteiger partial charge < -0.3 is 0 Å². The number of para-hydroxylation sites is 1. The Labute approximate surface area is 138 Å². The lowest BCUT2D eigenvalue weighted by atomic mass is 9.86. The van der Waals surface area contributed by atoms with Crippen LogP contribution >= 0.6 is 11.3 Å². The first-order chi connectivity index (χ1) is 10.7. The molecule has 0 aliphatic carbocycles. The van der Waals surface area contributed by atoms with Crippen molar-refractivity contribution in [3.8, 4) is 0 Å². The Morgan fingerprint density at radius 1 is 1.26 bits per heavy atom. The number of nitro groups is 1. The van der Waals surface area contributed by atoms with E-state index in [1.165, 1.54) is 33.4 Å². The van der Waals surface area contributed by atoms with Crippen molar-refractivity contribution >= 4 is 27.0 Å². The van der Waals surface area contributed by atoms with Crippen molar-refractivity contribution in [1.29, 1.82) is 0 Å². The fraction of sp³-hybridized carbons (Fsp3) is 0.333. The maximum absolute atomic E-state index is 13.0. The van der Waals surface area contributed by atoms with Crippen LogP contribution in [0.3, 0.4) is 0 Å². The van der Waals surface area contributed by atoms with Gasteiger partial charge in [-0.1, -0.05) is 26.0 Å². The van der Waals surface area contributed by atoms with E-state index in [2.05, 4.69) is 0 Å². The lowest BCUT2D eigenvalue weighted by Gasteiger charge is -2.37. The Morgan fingerprint density at radius 3 is 2.65 bits per heavy atom. The zero-order valence-electron chi connectivity index (χ0n) is 12.7. The van der Waals surface area contributed by atoms with E-state index >= 15 is 0 Å². The van der Waals surface area contributed by atoms with Crippen molar-refractivity contribution in [1.82, 2.24) is 4.31 Å². The highest BCUT2D eigenvalue weighted by atomic mass is 32.2. The summed E-state index contributed by atoms with van der Waals surface area (Å²) in [6.07, 6.45) is 0. The average Bonchev–Trinajstić information content (AvgIpc) is 2.96. The third-order valence-corrected chi connectivity index (χ3v) is 7.12. The molecule has 1 aromatic carbocycles. The summed E-state index contributed by atoms with van der Waals surface area (Å²) in [5, 5.41) is 13.1. The first kappa shape index (κ1) is 16.1. The van der Waals surface area contributed by atoms with Gasteiger partial charge >= 0.3 is 0 Å². The van der Waals surface area contributed by atoms with E-state index in [0.29, 0.717) is 6.54 Å². The first-order valence-corrected chi connectivity index (χ1v) is 9.36. The van der Waals surface area contributed by atoms with Crippen molar-refractivity contribution in [3.05, 3.63) is 56.3 Å². The second-order valence-electron chi connectivity index (χ2n) is 6.16. The van der Waals surface area contributed by atoms with Gasteiger partial charge in [-0.3, -0.25) is 10.1 Å². The van der Waals surface area contributed by atoms with E-state index in [-0.39, 0.29) is 22.5 Å². The lowest BCUT2D eigenvalue weighted by molar-refractivity contribution is -0.387. The van der Waals surface area contributed by atoms with Crippen LogP contribution in [-0.4, -0.2) is 24.2 Å². The zero-order chi connectivity index (χ0) is 16.8. The topological polar surface area (TPSA) is 80.5 Å². The van der Waals surface area contributed by atoms with Crippen LogP contribution in [0.1, 0.15) is 24.3 Å². The molecule has 2 aromatic rings. The number of fused-ring (bicyclic) bond motifs is 1. The minimum absolute atomic E-state index is 0.247. The molecule has 0 bridgehead atoms. The standard InChI is InChI=1S/C15H16N2O4S2/c1-15(2)10-16(9-11-7-8-22-14(11)15)23(20,21)13-6-4-3-5-12(13)17(18)19/h3-8H,9-10H2,1-2H3. The SMILES string of the molecule is CC1(C)CN(S(=O)(=O)c2ccccc2[N+](=O)[O-])Cc2ccsc21. The van der Waals surface area contributed by atoms with Gasteiger partial charge in [-0.05, 0) is 23.1 Å². The molecule has 1 aromatic heterocycles. The van der Waals surface area contributed by atoms with Gasteiger partial charge in [-0.25, -0.2) is 8.42 Å². The molecule has 6 nitrogen and oxygen atoms in total. The van der Waals surface area contributed by atoms with Crippen LogP contribution in [0.25, 0.3) is 0 Å². The molecule has 122 valence electrons. The summed E-state index contributed by atoms with van der Waals surface area (Å²) in [5.74, 6) is 0. The van der Waals surface area contributed by atoms with E-state index in [9.17, 15) is 18.5 Å². The number of rotatable bonds is 3. The van der Waals surface area contributed by atoms with Crippen molar-refractivity contribution in [2.24, 2.45) is 0 Å². The maximum Gasteiger partial charge on any atom is 0.289 e. The third-order valence-electron chi connectivity index (χ3n) is 3.96. The minimum Gasteiger partial charge on any atom is -0.258 e. The Kier molecular flexibility index (Phi) is 3.78. The Balaban J connectivity index is 2.08. The van der Waals surface area contributed by atoms with Crippen LogP contribution in [0.15, 0.2) is 40.6 Å². The predicted molar refractivity (Wildman–Crippen MR) is 88.0 cm³/mol. The summed E-state index contributed by atoms with van der Waals surface area (Å²) in [7, 11) is -3.93. The van der Waals surface area contributed by atoms with Crippen LogP contribution in [-0.2, 0) is 22.0 Å². The number of hydrogen-bond acceptors (Lipinski definition) is 5. The fourth-order valence-corrected chi connectivity index (χ4v) is 5.72. The second kappa shape index (κ2) is 5.40. The fourth-order valence-electron chi connectivity index (χ4n) is 2.95. The van der Waals surface area contributed by atoms with Crippen LogP contribution in [0.5, 0.6) is 0 Å². The molecule has 0 amide bonds. The van der Waals surface area contributed by atoms with Gasteiger partial charge in [0.2, 0.25) is 10.0 Å². The molecule has 3 rings (SSSR count). The van der Waals surface area contributed by atoms with E-state index in [4.69, 9.17) is 0 Å². The summed E-state index contributed by atoms with van der Waals surface area (Å²) in [4.78, 5) is 11.4. The summed E-state index contributed by atoms with van der Waals surface area (Å²) in [5.41, 5.74) is 0.257. The van der Waals surface area contributed by atoms with Gasteiger partial charge in [0.05, 0.1) is 4.92 Å². The predicted octanol–water partition coefficient (Wildman–Crippen LogP) is 3.14. The molecule has 0 saturated heterocycles. The third kappa shape index (κ3) is 2.66. The van der Waals surface area contributed by atoms with Gasteiger partial charge in [0.25, 0.3) is 5.69 Å². The van der Waals surface area contributed by atoms with Crippen LogP contribution < -0.4 is 0 Å². The van der Waals surface area contributed by atoms with Crippen LogP contribution in [0.4, 0.5) is 5.69 Å². The first-order valence-electron chi connectivity index (χ1n) is 7.04. The van der Waals surface area contributed by atoms with Crippen molar-refractivity contribution in [2.75, 3.05) is 6.54 Å². The molecular formula is C15H16N2O4S2. The smallest absolute Gasteiger partial charge is 0.258 e. The molecular weight excluding hydrogens is 336 g/mol. The maximum atomic E-state index is 13.0.